The van der Waals surface area contributed by atoms with Gasteiger partial charge in [0.25, 0.3) is 0 Å². The number of hydrogen-bond donors (Lipinski definition) is 2. The number of benzene rings is 1. The molecule has 0 unspecified atom stereocenters. The van der Waals surface area contributed by atoms with Crippen molar-refractivity contribution in [1.29, 1.82) is 0 Å². The zero-order chi connectivity index (χ0) is 12.8. The molecule has 1 aromatic heterocycles. The molecule has 0 aliphatic heterocycles. The second-order valence-electron chi connectivity index (χ2n) is 5.81. The van der Waals surface area contributed by atoms with Crippen LogP contribution in [0, 0.1) is 13.8 Å². The minimum atomic E-state index is 0.204. The maximum Gasteiger partial charge on any atom is 0.0488 e. The van der Waals surface area contributed by atoms with E-state index in [9.17, 15) is 0 Å². The van der Waals surface area contributed by atoms with E-state index in [0.717, 1.165) is 6.54 Å². The van der Waals surface area contributed by atoms with E-state index < -0.39 is 0 Å². The molecule has 1 saturated carbocycles. The maximum absolute atomic E-state index is 6.11. The van der Waals surface area contributed by atoms with Gasteiger partial charge in [0.05, 0.1) is 0 Å². The van der Waals surface area contributed by atoms with Crippen LogP contribution in [0.5, 0.6) is 0 Å². The summed E-state index contributed by atoms with van der Waals surface area (Å²) in [5.41, 5.74) is 11.7. The van der Waals surface area contributed by atoms with Crippen LogP contribution in [0.2, 0.25) is 0 Å². The standard InChI is InChI=1S/C16H22N2/c1-11-6-5-7-13-12(2)15(18-14(11)13)16(10-17)8-3-4-9-16/h5-7,18H,3-4,8-10,17H2,1-2H3. The van der Waals surface area contributed by atoms with Crippen molar-refractivity contribution in [2.45, 2.75) is 44.9 Å². The summed E-state index contributed by atoms with van der Waals surface area (Å²) < 4.78 is 0. The molecule has 2 nitrogen and oxygen atoms in total. The van der Waals surface area contributed by atoms with Crippen LogP contribution in [0.3, 0.4) is 0 Å². The number of nitrogens with one attached hydrogen (secondary N) is 1. The zero-order valence-corrected chi connectivity index (χ0v) is 11.3. The van der Waals surface area contributed by atoms with Crippen LogP contribution in [0.25, 0.3) is 10.9 Å². The van der Waals surface area contributed by atoms with Gasteiger partial charge in [-0.2, -0.15) is 0 Å². The van der Waals surface area contributed by atoms with Crippen molar-refractivity contribution >= 4 is 10.9 Å². The molecule has 1 aliphatic rings. The van der Waals surface area contributed by atoms with Crippen molar-refractivity contribution in [1.82, 2.24) is 4.98 Å². The van der Waals surface area contributed by atoms with Gasteiger partial charge < -0.3 is 10.7 Å². The molecular formula is C16H22N2. The van der Waals surface area contributed by atoms with Crippen molar-refractivity contribution in [2.75, 3.05) is 6.54 Å². The Morgan fingerprint density at radius 3 is 2.56 bits per heavy atom. The SMILES string of the molecule is Cc1c(C2(CN)CCCC2)[nH]c2c(C)cccc12. The number of rotatable bonds is 2. The van der Waals surface area contributed by atoms with Gasteiger partial charge >= 0.3 is 0 Å². The van der Waals surface area contributed by atoms with Crippen LogP contribution in [0.1, 0.15) is 42.5 Å². The summed E-state index contributed by atoms with van der Waals surface area (Å²) >= 11 is 0. The molecule has 0 saturated heterocycles. The number of nitrogens with two attached hydrogens (primary N) is 1. The third-order valence-electron chi connectivity index (χ3n) is 4.78. The van der Waals surface area contributed by atoms with Crippen molar-refractivity contribution < 1.29 is 0 Å². The quantitative estimate of drug-likeness (QED) is 0.830. The predicted molar refractivity (Wildman–Crippen MR) is 77.0 cm³/mol. The third-order valence-corrected chi connectivity index (χ3v) is 4.78. The average molecular weight is 242 g/mol. The van der Waals surface area contributed by atoms with E-state index in [1.807, 2.05) is 0 Å². The summed E-state index contributed by atoms with van der Waals surface area (Å²) in [5.74, 6) is 0. The minimum Gasteiger partial charge on any atom is -0.357 e. The number of hydrogen-bond acceptors (Lipinski definition) is 1. The van der Waals surface area contributed by atoms with E-state index in [-0.39, 0.29) is 5.41 Å². The van der Waals surface area contributed by atoms with Crippen molar-refractivity contribution in [2.24, 2.45) is 5.73 Å². The van der Waals surface area contributed by atoms with E-state index >= 15 is 0 Å². The lowest BCUT2D eigenvalue weighted by Crippen LogP contribution is -2.33. The largest absolute Gasteiger partial charge is 0.357 e. The molecular weight excluding hydrogens is 220 g/mol. The molecule has 1 heterocycles. The smallest absolute Gasteiger partial charge is 0.0488 e. The first kappa shape index (κ1) is 11.8. The first-order valence-corrected chi connectivity index (χ1v) is 6.96. The van der Waals surface area contributed by atoms with Gasteiger partial charge in [0.15, 0.2) is 0 Å². The molecule has 0 radical (unpaired) electrons. The van der Waals surface area contributed by atoms with Crippen molar-refractivity contribution in [3.63, 3.8) is 0 Å². The predicted octanol–water partition coefficient (Wildman–Crippen LogP) is 3.56. The lowest BCUT2D eigenvalue weighted by molar-refractivity contribution is 0.440. The van der Waals surface area contributed by atoms with Crippen molar-refractivity contribution in [3.05, 3.63) is 35.0 Å². The van der Waals surface area contributed by atoms with Gasteiger partial charge in [0, 0.05) is 28.6 Å². The van der Waals surface area contributed by atoms with E-state index in [1.54, 1.807) is 0 Å². The summed E-state index contributed by atoms with van der Waals surface area (Å²) in [6.45, 7) is 5.18. The Hall–Kier alpha value is -1.28. The fraction of sp³-hybridized carbons (Fsp3) is 0.500. The lowest BCUT2D eigenvalue weighted by atomic mass is 9.81. The van der Waals surface area contributed by atoms with E-state index in [4.69, 9.17) is 5.73 Å². The number of fused-ring (bicyclic) bond motifs is 1. The van der Waals surface area contributed by atoms with Gasteiger partial charge in [-0.15, -0.1) is 0 Å². The van der Waals surface area contributed by atoms with E-state index in [0.29, 0.717) is 0 Å². The molecule has 1 fully saturated rings. The number of aromatic nitrogens is 1. The van der Waals surface area contributed by atoms with Crippen LogP contribution in [0.4, 0.5) is 0 Å². The first-order chi connectivity index (χ1) is 8.68. The van der Waals surface area contributed by atoms with Gasteiger partial charge in [-0.3, -0.25) is 0 Å². The first-order valence-electron chi connectivity index (χ1n) is 6.96. The van der Waals surface area contributed by atoms with Crippen LogP contribution in [0.15, 0.2) is 18.2 Å². The van der Waals surface area contributed by atoms with Gasteiger partial charge in [-0.05, 0) is 37.8 Å². The molecule has 18 heavy (non-hydrogen) atoms. The molecule has 3 N–H and O–H groups in total. The van der Waals surface area contributed by atoms with Crippen molar-refractivity contribution in [3.8, 4) is 0 Å². The normalized spacial score (nSPS) is 18.6. The molecule has 3 rings (SSSR count). The number of para-hydroxylation sites is 1. The number of aryl methyl sites for hydroxylation is 2. The highest BCUT2D eigenvalue weighted by Crippen LogP contribution is 2.43. The summed E-state index contributed by atoms with van der Waals surface area (Å²) in [4.78, 5) is 3.69. The highest BCUT2D eigenvalue weighted by Gasteiger charge is 2.37. The van der Waals surface area contributed by atoms with Gasteiger partial charge in [0.1, 0.15) is 0 Å². The molecule has 0 atom stereocenters. The molecule has 2 aromatic rings. The Labute approximate surface area is 109 Å². The fourth-order valence-corrected chi connectivity index (χ4v) is 3.64. The summed E-state index contributed by atoms with van der Waals surface area (Å²) in [5, 5.41) is 1.37. The minimum absolute atomic E-state index is 0.204. The zero-order valence-electron chi connectivity index (χ0n) is 11.3. The Bertz CT molecular complexity index is 574. The molecule has 0 amide bonds. The molecule has 2 heteroatoms. The van der Waals surface area contributed by atoms with Crippen LogP contribution in [-0.4, -0.2) is 11.5 Å². The molecule has 96 valence electrons. The summed E-state index contributed by atoms with van der Waals surface area (Å²) in [7, 11) is 0. The van der Waals surface area contributed by atoms with Gasteiger partial charge in [0.2, 0.25) is 0 Å². The summed E-state index contributed by atoms with van der Waals surface area (Å²) in [6, 6.07) is 6.54. The van der Waals surface area contributed by atoms with Crippen LogP contribution < -0.4 is 5.73 Å². The molecule has 0 spiro atoms. The topological polar surface area (TPSA) is 41.8 Å². The Morgan fingerprint density at radius 1 is 1.22 bits per heavy atom. The average Bonchev–Trinajstić information content (AvgIpc) is 2.97. The third kappa shape index (κ3) is 1.52. The van der Waals surface area contributed by atoms with Crippen LogP contribution in [-0.2, 0) is 5.41 Å². The Balaban J connectivity index is 2.23. The highest BCUT2D eigenvalue weighted by molar-refractivity contribution is 5.87. The second-order valence-corrected chi connectivity index (χ2v) is 5.81. The monoisotopic (exact) mass is 242 g/mol. The van der Waals surface area contributed by atoms with Gasteiger partial charge in [-0.25, -0.2) is 0 Å². The Morgan fingerprint density at radius 2 is 1.94 bits per heavy atom. The lowest BCUT2D eigenvalue weighted by Gasteiger charge is -2.27. The molecule has 0 bridgehead atoms. The van der Waals surface area contributed by atoms with Gasteiger partial charge in [-0.1, -0.05) is 31.0 Å². The molecule has 1 aliphatic carbocycles. The Kier molecular flexibility index (Phi) is 2.70. The maximum atomic E-state index is 6.11. The van der Waals surface area contributed by atoms with Crippen LogP contribution >= 0.6 is 0 Å². The number of aromatic amines is 1. The molecule has 1 aromatic carbocycles. The second kappa shape index (κ2) is 4.13. The highest BCUT2D eigenvalue weighted by atomic mass is 14.8. The van der Waals surface area contributed by atoms with E-state index in [1.165, 1.54) is 53.4 Å². The number of H-pyrrole nitrogens is 1. The fourth-order valence-electron chi connectivity index (χ4n) is 3.64. The summed E-state index contributed by atoms with van der Waals surface area (Å²) in [6.07, 6.45) is 5.09. The van der Waals surface area contributed by atoms with E-state index in [2.05, 4.69) is 37.0 Å².